The highest BCUT2D eigenvalue weighted by Crippen LogP contribution is 2.36. The Bertz CT molecular complexity index is 1160. The second-order valence-corrected chi connectivity index (χ2v) is 5.87. The fraction of sp³-hybridized carbons (Fsp3) is 0.0526. The van der Waals surface area contributed by atoms with E-state index < -0.39 is 17.6 Å². The Kier molecular flexibility index (Phi) is 4.26. The number of amides is 1. The predicted molar refractivity (Wildman–Crippen MR) is 95.6 cm³/mol. The first kappa shape index (κ1) is 17.7. The van der Waals surface area contributed by atoms with Crippen molar-refractivity contribution in [2.45, 2.75) is 6.18 Å². The minimum Gasteiger partial charge on any atom is -0.317 e. The molecule has 140 valence electrons. The standard InChI is InChI=1S/C19H12F3N5O/c20-19(21,22)14-4-2-1-3-13(14)15-7-10-27-17(25-15)16(11-24-27)26-18(28)12-5-8-23-9-6-12/h1-11H,(H,26,28). The van der Waals surface area contributed by atoms with Gasteiger partial charge in [-0.15, -0.1) is 0 Å². The van der Waals surface area contributed by atoms with E-state index in [2.05, 4.69) is 20.4 Å². The predicted octanol–water partition coefficient (Wildman–Crippen LogP) is 4.06. The molecule has 3 aromatic heterocycles. The van der Waals surface area contributed by atoms with Gasteiger partial charge in [0.2, 0.25) is 0 Å². The highest BCUT2D eigenvalue weighted by molar-refractivity contribution is 6.05. The van der Waals surface area contributed by atoms with Gasteiger partial charge in [0.15, 0.2) is 5.65 Å². The number of anilines is 1. The van der Waals surface area contributed by atoms with Crippen molar-refractivity contribution in [2.24, 2.45) is 0 Å². The number of hydrogen-bond acceptors (Lipinski definition) is 4. The van der Waals surface area contributed by atoms with Crippen molar-refractivity contribution in [3.05, 3.63) is 78.4 Å². The number of carbonyl (C=O) groups excluding carboxylic acids is 1. The van der Waals surface area contributed by atoms with Crippen LogP contribution in [0.4, 0.5) is 18.9 Å². The normalized spacial score (nSPS) is 11.5. The summed E-state index contributed by atoms with van der Waals surface area (Å²) in [6.45, 7) is 0. The highest BCUT2D eigenvalue weighted by Gasteiger charge is 2.33. The maximum atomic E-state index is 13.3. The van der Waals surface area contributed by atoms with Crippen LogP contribution in [0.25, 0.3) is 16.9 Å². The molecule has 0 aliphatic heterocycles. The van der Waals surface area contributed by atoms with Crippen LogP contribution in [0.5, 0.6) is 0 Å². The molecule has 1 aromatic carbocycles. The van der Waals surface area contributed by atoms with E-state index in [4.69, 9.17) is 0 Å². The molecule has 0 saturated carbocycles. The third-order valence-corrected chi connectivity index (χ3v) is 4.07. The summed E-state index contributed by atoms with van der Waals surface area (Å²) in [5, 5.41) is 6.75. The number of pyridine rings is 1. The van der Waals surface area contributed by atoms with Crippen LogP contribution in [0, 0.1) is 0 Å². The number of aromatic nitrogens is 4. The molecule has 0 aliphatic rings. The van der Waals surface area contributed by atoms with Gasteiger partial charge in [-0.05, 0) is 24.3 Å². The van der Waals surface area contributed by atoms with Crippen LogP contribution in [0.3, 0.4) is 0 Å². The minimum atomic E-state index is -4.51. The highest BCUT2D eigenvalue weighted by atomic mass is 19.4. The number of alkyl halides is 3. The van der Waals surface area contributed by atoms with Crippen molar-refractivity contribution >= 4 is 17.2 Å². The third-order valence-electron chi connectivity index (χ3n) is 4.07. The molecule has 6 nitrogen and oxygen atoms in total. The zero-order chi connectivity index (χ0) is 19.7. The molecule has 0 unspecified atom stereocenters. The Labute approximate surface area is 156 Å². The molecule has 4 aromatic rings. The summed E-state index contributed by atoms with van der Waals surface area (Å²) < 4.78 is 41.3. The number of nitrogens with one attached hydrogen (secondary N) is 1. The number of carbonyl (C=O) groups is 1. The SMILES string of the molecule is O=C(Nc1cnn2ccc(-c3ccccc3C(F)(F)F)nc12)c1ccncc1. The molecule has 0 saturated heterocycles. The molecule has 4 rings (SSSR count). The quantitative estimate of drug-likeness (QED) is 0.579. The molecule has 0 fully saturated rings. The van der Waals surface area contributed by atoms with Gasteiger partial charge in [-0.2, -0.15) is 18.3 Å². The molecule has 0 spiro atoms. The first-order valence-corrected chi connectivity index (χ1v) is 8.16. The van der Waals surface area contributed by atoms with Crippen LogP contribution < -0.4 is 5.32 Å². The largest absolute Gasteiger partial charge is 0.417 e. The molecule has 0 atom stereocenters. The van der Waals surface area contributed by atoms with E-state index in [-0.39, 0.29) is 22.6 Å². The van der Waals surface area contributed by atoms with Crippen LogP contribution >= 0.6 is 0 Å². The van der Waals surface area contributed by atoms with E-state index in [1.807, 2.05) is 0 Å². The van der Waals surface area contributed by atoms with E-state index >= 15 is 0 Å². The van der Waals surface area contributed by atoms with E-state index in [1.165, 1.54) is 53.6 Å². The van der Waals surface area contributed by atoms with Crippen LogP contribution in [-0.2, 0) is 6.18 Å². The molecule has 3 heterocycles. The molecule has 1 amide bonds. The lowest BCUT2D eigenvalue weighted by Crippen LogP contribution is -2.12. The van der Waals surface area contributed by atoms with Crippen LogP contribution in [0.1, 0.15) is 15.9 Å². The number of benzene rings is 1. The smallest absolute Gasteiger partial charge is 0.317 e. The Balaban J connectivity index is 1.75. The lowest BCUT2D eigenvalue weighted by molar-refractivity contribution is -0.137. The zero-order valence-electron chi connectivity index (χ0n) is 14.2. The number of halogens is 3. The summed E-state index contributed by atoms with van der Waals surface area (Å²) in [7, 11) is 0. The number of fused-ring (bicyclic) bond motifs is 1. The van der Waals surface area contributed by atoms with E-state index in [0.29, 0.717) is 5.56 Å². The fourth-order valence-corrected chi connectivity index (χ4v) is 2.76. The molecule has 0 radical (unpaired) electrons. The van der Waals surface area contributed by atoms with Gasteiger partial charge in [-0.3, -0.25) is 9.78 Å². The lowest BCUT2D eigenvalue weighted by atomic mass is 10.0. The van der Waals surface area contributed by atoms with Crippen molar-refractivity contribution < 1.29 is 18.0 Å². The monoisotopic (exact) mass is 383 g/mol. The third kappa shape index (κ3) is 3.29. The average Bonchev–Trinajstić information content (AvgIpc) is 3.10. The molecule has 28 heavy (non-hydrogen) atoms. The van der Waals surface area contributed by atoms with Crippen molar-refractivity contribution in [1.82, 2.24) is 19.6 Å². The molecular weight excluding hydrogens is 371 g/mol. The number of rotatable bonds is 3. The van der Waals surface area contributed by atoms with Crippen LogP contribution in [0.2, 0.25) is 0 Å². The first-order chi connectivity index (χ1) is 13.4. The van der Waals surface area contributed by atoms with Gasteiger partial charge in [-0.25, -0.2) is 9.50 Å². The van der Waals surface area contributed by atoms with Gasteiger partial charge in [0.25, 0.3) is 5.91 Å². The molecule has 9 heteroatoms. The average molecular weight is 383 g/mol. The maximum Gasteiger partial charge on any atom is 0.417 e. The van der Waals surface area contributed by atoms with Crippen molar-refractivity contribution in [3.8, 4) is 11.3 Å². The van der Waals surface area contributed by atoms with E-state index in [0.717, 1.165) is 6.07 Å². The zero-order valence-corrected chi connectivity index (χ0v) is 14.2. The Morgan fingerprint density at radius 2 is 1.79 bits per heavy atom. The summed E-state index contributed by atoms with van der Waals surface area (Å²) in [6, 6.07) is 9.72. The van der Waals surface area contributed by atoms with Gasteiger partial charge in [0, 0.05) is 29.7 Å². The van der Waals surface area contributed by atoms with Crippen LogP contribution in [-0.4, -0.2) is 25.5 Å². The first-order valence-electron chi connectivity index (χ1n) is 8.16. The van der Waals surface area contributed by atoms with E-state index in [9.17, 15) is 18.0 Å². The summed E-state index contributed by atoms with van der Waals surface area (Å²) in [6.07, 6.45) is 1.34. The number of nitrogens with zero attached hydrogens (tertiary/aromatic N) is 4. The second-order valence-electron chi connectivity index (χ2n) is 5.87. The summed E-state index contributed by atoms with van der Waals surface area (Å²) in [4.78, 5) is 20.5. The van der Waals surface area contributed by atoms with Gasteiger partial charge in [0.1, 0.15) is 5.69 Å². The van der Waals surface area contributed by atoms with Crippen molar-refractivity contribution in [2.75, 3.05) is 5.32 Å². The fourth-order valence-electron chi connectivity index (χ4n) is 2.76. The molecular formula is C19H12F3N5O. The Morgan fingerprint density at radius 1 is 1.04 bits per heavy atom. The Hall–Kier alpha value is -3.75. The lowest BCUT2D eigenvalue weighted by Gasteiger charge is -2.12. The summed E-state index contributed by atoms with van der Waals surface area (Å²) in [5.74, 6) is -0.403. The summed E-state index contributed by atoms with van der Waals surface area (Å²) >= 11 is 0. The van der Waals surface area contributed by atoms with Gasteiger partial charge < -0.3 is 5.32 Å². The molecule has 0 bridgehead atoms. The molecule has 1 N–H and O–H groups in total. The maximum absolute atomic E-state index is 13.3. The van der Waals surface area contributed by atoms with Gasteiger partial charge in [0.05, 0.1) is 17.5 Å². The van der Waals surface area contributed by atoms with E-state index in [1.54, 1.807) is 12.1 Å². The van der Waals surface area contributed by atoms with Crippen LogP contribution in [0.15, 0.2) is 67.3 Å². The molecule has 0 aliphatic carbocycles. The number of hydrogen-bond donors (Lipinski definition) is 1. The van der Waals surface area contributed by atoms with Crippen molar-refractivity contribution in [3.63, 3.8) is 0 Å². The van der Waals surface area contributed by atoms with Gasteiger partial charge in [-0.1, -0.05) is 18.2 Å². The van der Waals surface area contributed by atoms with Crippen molar-refractivity contribution in [1.29, 1.82) is 0 Å². The minimum absolute atomic E-state index is 0.0508. The topological polar surface area (TPSA) is 72.2 Å². The second kappa shape index (κ2) is 6.76. The van der Waals surface area contributed by atoms with Gasteiger partial charge >= 0.3 is 6.18 Å². The summed E-state index contributed by atoms with van der Waals surface area (Å²) in [5.41, 5.74) is 0.192. The Morgan fingerprint density at radius 3 is 2.54 bits per heavy atom.